The fourth-order valence-corrected chi connectivity index (χ4v) is 4.10. The van der Waals surface area contributed by atoms with Crippen LogP contribution >= 0.6 is 0 Å². The highest BCUT2D eigenvalue weighted by Crippen LogP contribution is 2.44. The summed E-state index contributed by atoms with van der Waals surface area (Å²) in [6.45, 7) is 6.75. The van der Waals surface area contributed by atoms with Crippen molar-refractivity contribution in [3.63, 3.8) is 0 Å². The minimum Gasteiger partial charge on any atom is -0.494 e. The van der Waals surface area contributed by atoms with Gasteiger partial charge in [0.1, 0.15) is 17.6 Å². The van der Waals surface area contributed by atoms with Crippen LogP contribution in [0.15, 0.2) is 36.4 Å². The number of ether oxygens (including phenoxy) is 2. The van der Waals surface area contributed by atoms with E-state index in [9.17, 15) is 4.79 Å². The van der Waals surface area contributed by atoms with Gasteiger partial charge in [-0.2, -0.15) is 0 Å². The van der Waals surface area contributed by atoms with Crippen molar-refractivity contribution >= 4 is 5.78 Å². The molecule has 2 unspecified atom stereocenters. The lowest BCUT2D eigenvalue weighted by atomic mass is 9.98. The van der Waals surface area contributed by atoms with Crippen LogP contribution in [-0.4, -0.2) is 31.6 Å². The first-order valence-corrected chi connectivity index (χ1v) is 9.55. The molecule has 1 saturated heterocycles. The lowest BCUT2D eigenvalue weighted by molar-refractivity contribution is 0.104. The summed E-state index contributed by atoms with van der Waals surface area (Å²) in [6, 6.07) is 11.6. The molecule has 2 aromatic rings. The van der Waals surface area contributed by atoms with Gasteiger partial charge in [0, 0.05) is 29.2 Å². The average molecular weight is 351 g/mol. The number of hydrogen-bond acceptors (Lipinski definition) is 4. The number of fused-ring (bicyclic) bond motifs is 3. The maximum atomic E-state index is 12.9. The van der Waals surface area contributed by atoms with E-state index < -0.39 is 0 Å². The zero-order valence-corrected chi connectivity index (χ0v) is 15.4. The van der Waals surface area contributed by atoms with Crippen molar-refractivity contribution in [2.24, 2.45) is 5.92 Å². The van der Waals surface area contributed by atoms with Crippen molar-refractivity contribution in [3.05, 3.63) is 47.5 Å². The van der Waals surface area contributed by atoms with Crippen LogP contribution in [-0.2, 0) is 0 Å². The summed E-state index contributed by atoms with van der Waals surface area (Å²) in [5.74, 6) is 2.13. The van der Waals surface area contributed by atoms with Gasteiger partial charge in [0.15, 0.2) is 5.78 Å². The van der Waals surface area contributed by atoms with Crippen molar-refractivity contribution < 1.29 is 14.3 Å². The van der Waals surface area contributed by atoms with Crippen molar-refractivity contribution in [1.29, 1.82) is 0 Å². The van der Waals surface area contributed by atoms with Crippen LogP contribution in [0.3, 0.4) is 0 Å². The Kier molecular flexibility index (Phi) is 4.68. The Bertz CT molecular complexity index is 824. The maximum Gasteiger partial charge on any atom is 0.194 e. The quantitative estimate of drug-likeness (QED) is 0.727. The molecule has 0 saturated carbocycles. The second-order valence-electron chi connectivity index (χ2n) is 6.97. The van der Waals surface area contributed by atoms with Crippen LogP contribution in [0.1, 0.15) is 42.6 Å². The Balaban J connectivity index is 1.71. The average Bonchev–Trinajstić information content (AvgIpc) is 3.28. The van der Waals surface area contributed by atoms with Crippen LogP contribution in [0.2, 0.25) is 0 Å². The van der Waals surface area contributed by atoms with Gasteiger partial charge in [-0.05, 0) is 56.1 Å². The van der Waals surface area contributed by atoms with E-state index in [0.717, 1.165) is 54.1 Å². The maximum absolute atomic E-state index is 12.9. The lowest BCUT2D eigenvalue weighted by Crippen LogP contribution is -2.28. The second kappa shape index (κ2) is 7.12. The van der Waals surface area contributed by atoms with E-state index in [4.69, 9.17) is 9.47 Å². The summed E-state index contributed by atoms with van der Waals surface area (Å²) in [4.78, 5) is 12.9. The number of carbonyl (C=O) groups excluding carboxylic acids is 1. The molecule has 1 heterocycles. The summed E-state index contributed by atoms with van der Waals surface area (Å²) in [5, 5.41) is 3.42. The molecule has 0 radical (unpaired) electrons. The monoisotopic (exact) mass is 351 g/mol. The van der Waals surface area contributed by atoms with Crippen LogP contribution in [0.5, 0.6) is 11.5 Å². The summed E-state index contributed by atoms with van der Waals surface area (Å²) in [6.07, 6.45) is 2.26. The van der Waals surface area contributed by atoms with E-state index in [1.54, 1.807) is 0 Å². The minimum atomic E-state index is 0.0533. The third-order valence-corrected chi connectivity index (χ3v) is 5.39. The molecule has 0 spiro atoms. The van der Waals surface area contributed by atoms with Gasteiger partial charge >= 0.3 is 0 Å². The lowest BCUT2D eigenvalue weighted by Gasteiger charge is -2.24. The molecule has 2 atom stereocenters. The Labute approximate surface area is 154 Å². The number of hydrogen-bond donors (Lipinski definition) is 1. The van der Waals surface area contributed by atoms with E-state index in [0.29, 0.717) is 18.1 Å². The third kappa shape index (κ3) is 2.88. The van der Waals surface area contributed by atoms with Gasteiger partial charge in [0.05, 0.1) is 6.61 Å². The molecule has 0 amide bonds. The molecule has 1 aliphatic carbocycles. The summed E-state index contributed by atoms with van der Waals surface area (Å²) in [5.41, 5.74) is 3.31. The SMILES string of the molecule is CCOc1ccc2c(c1)C(=O)c1cccc(OC(CC)C3CCNC3)c1-2. The Hall–Kier alpha value is -2.33. The predicted octanol–water partition coefficient (Wildman–Crippen LogP) is 4.06. The Morgan fingerprint density at radius 2 is 2.04 bits per heavy atom. The molecule has 2 aromatic carbocycles. The van der Waals surface area contributed by atoms with E-state index in [2.05, 4.69) is 12.2 Å². The van der Waals surface area contributed by atoms with Gasteiger partial charge in [0.25, 0.3) is 0 Å². The van der Waals surface area contributed by atoms with Crippen molar-refractivity contribution in [2.75, 3.05) is 19.7 Å². The molecule has 4 nitrogen and oxygen atoms in total. The van der Waals surface area contributed by atoms with Crippen molar-refractivity contribution in [2.45, 2.75) is 32.8 Å². The minimum absolute atomic E-state index is 0.0533. The largest absolute Gasteiger partial charge is 0.494 e. The molecule has 26 heavy (non-hydrogen) atoms. The van der Waals surface area contributed by atoms with E-state index >= 15 is 0 Å². The first kappa shape index (κ1) is 17.1. The molecular formula is C22H25NO3. The normalized spacial score (nSPS) is 19.2. The van der Waals surface area contributed by atoms with Crippen LogP contribution in [0, 0.1) is 5.92 Å². The van der Waals surface area contributed by atoms with Crippen LogP contribution in [0.4, 0.5) is 0 Å². The Morgan fingerprint density at radius 1 is 1.15 bits per heavy atom. The Morgan fingerprint density at radius 3 is 2.77 bits per heavy atom. The smallest absolute Gasteiger partial charge is 0.194 e. The molecule has 4 rings (SSSR count). The van der Waals surface area contributed by atoms with E-state index in [1.165, 1.54) is 0 Å². The summed E-state index contributed by atoms with van der Waals surface area (Å²) >= 11 is 0. The summed E-state index contributed by atoms with van der Waals surface area (Å²) < 4.78 is 12.0. The molecule has 0 aromatic heterocycles. The van der Waals surface area contributed by atoms with Gasteiger partial charge in [-0.1, -0.05) is 19.1 Å². The predicted molar refractivity (Wildman–Crippen MR) is 102 cm³/mol. The van der Waals surface area contributed by atoms with Crippen molar-refractivity contribution in [1.82, 2.24) is 5.32 Å². The molecule has 1 aliphatic heterocycles. The van der Waals surface area contributed by atoms with Gasteiger partial charge in [-0.15, -0.1) is 0 Å². The molecule has 1 N–H and O–H groups in total. The zero-order valence-electron chi connectivity index (χ0n) is 15.4. The van der Waals surface area contributed by atoms with Crippen LogP contribution in [0.25, 0.3) is 11.1 Å². The fourth-order valence-electron chi connectivity index (χ4n) is 4.10. The third-order valence-electron chi connectivity index (χ3n) is 5.39. The van der Waals surface area contributed by atoms with Gasteiger partial charge in [-0.3, -0.25) is 4.79 Å². The summed E-state index contributed by atoms with van der Waals surface area (Å²) in [7, 11) is 0. The van der Waals surface area contributed by atoms with Gasteiger partial charge in [-0.25, -0.2) is 0 Å². The molecule has 4 heteroatoms. The van der Waals surface area contributed by atoms with Crippen molar-refractivity contribution in [3.8, 4) is 22.6 Å². The highest BCUT2D eigenvalue weighted by molar-refractivity contribution is 6.22. The fraction of sp³-hybridized carbons (Fsp3) is 0.409. The standard InChI is InChI=1S/C22H25NO3/c1-3-19(14-10-11-23-13-14)26-20-7-5-6-17-21(20)16-9-8-15(25-4-2)12-18(16)22(17)24/h5-9,12,14,19,23H,3-4,10-11,13H2,1-2H3. The highest BCUT2D eigenvalue weighted by Gasteiger charge is 2.32. The highest BCUT2D eigenvalue weighted by atomic mass is 16.5. The zero-order chi connectivity index (χ0) is 18.1. The number of ketones is 1. The molecule has 1 fully saturated rings. The van der Waals surface area contributed by atoms with Gasteiger partial charge < -0.3 is 14.8 Å². The first-order valence-electron chi connectivity index (χ1n) is 9.55. The number of carbonyl (C=O) groups is 1. The number of rotatable bonds is 6. The molecular weight excluding hydrogens is 326 g/mol. The topological polar surface area (TPSA) is 47.6 Å². The molecule has 136 valence electrons. The van der Waals surface area contributed by atoms with Crippen LogP contribution < -0.4 is 14.8 Å². The molecule has 2 aliphatic rings. The second-order valence-corrected chi connectivity index (χ2v) is 6.97. The molecule has 0 bridgehead atoms. The first-order chi connectivity index (χ1) is 12.7. The number of benzene rings is 2. The van der Waals surface area contributed by atoms with Gasteiger partial charge in [0.2, 0.25) is 0 Å². The van der Waals surface area contributed by atoms with E-state index in [1.807, 2.05) is 43.3 Å². The number of nitrogens with one attached hydrogen (secondary N) is 1. The van der Waals surface area contributed by atoms with E-state index in [-0.39, 0.29) is 11.9 Å².